The first-order valence-corrected chi connectivity index (χ1v) is 8.55. The summed E-state index contributed by atoms with van der Waals surface area (Å²) in [7, 11) is 0. The zero-order valence-corrected chi connectivity index (χ0v) is 14.9. The first kappa shape index (κ1) is 17.4. The number of nitrogens with zero attached hydrogens (tertiary/aromatic N) is 4. The molecule has 0 aliphatic carbocycles. The summed E-state index contributed by atoms with van der Waals surface area (Å²) in [6, 6.07) is 7.03. The molecule has 2 heterocycles. The van der Waals surface area contributed by atoms with Crippen LogP contribution in [0.3, 0.4) is 0 Å². The van der Waals surface area contributed by atoms with Gasteiger partial charge in [-0.1, -0.05) is 24.6 Å². The van der Waals surface area contributed by atoms with Gasteiger partial charge in [-0.2, -0.15) is 0 Å². The maximum atomic E-state index is 12.7. The van der Waals surface area contributed by atoms with Crippen LogP contribution in [0.5, 0.6) is 0 Å². The zero-order valence-electron chi connectivity index (χ0n) is 14.1. The molecule has 3 rings (SSSR count). The van der Waals surface area contributed by atoms with Gasteiger partial charge in [0.15, 0.2) is 0 Å². The maximum Gasteiger partial charge on any atom is 0.257 e. The molecule has 2 amide bonds. The first-order valence-electron chi connectivity index (χ1n) is 8.17. The number of benzene rings is 1. The van der Waals surface area contributed by atoms with Crippen molar-refractivity contribution < 1.29 is 9.59 Å². The molecule has 1 saturated heterocycles. The molecule has 0 spiro atoms. The van der Waals surface area contributed by atoms with Gasteiger partial charge >= 0.3 is 0 Å². The molecular weight excluding hydrogens is 340 g/mol. The average molecular weight is 359 g/mol. The van der Waals surface area contributed by atoms with Crippen molar-refractivity contribution in [3.05, 3.63) is 53.1 Å². The SMILES string of the molecule is CCc1ncc(C(=O)N2CC(=O)N(c3cccc(Cl)c3)C[C@@H]2C)cn1. The molecule has 1 fully saturated rings. The van der Waals surface area contributed by atoms with E-state index in [1.54, 1.807) is 28.0 Å². The second kappa shape index (κ2) is 7.19. The van der Waals surface area contributed by atoms with Crippen LogP contribution in [0, 0.1) is 0 Å². The predicted octanol–water partition coefficient (Wildman–Crippen LogP) is 2.57. The number of carbonyl (C=O) groups excluding carboxylic acids is 2. The van der Waals surface area contributed by atoms with Crippen LogP contribution in [0.2, 0.25) is 5.02 Å². The van der Waals surface area contributed by atoms with Gasteiger partial charge < -0.3 is 9.80 Å². The van der Waals surface area contributed by atoms with E-state index in [1.807, 2.05) is 19.9 Å². The first-order chi connectivity index (χ1) is 12.0. The fraction of sp³-hybridized carbons (Fsp3) is 0.333. The number of halogens is 1. The van der Waals surface area contributed by atoms with Crippen LogP contribution >= 0.6 is 11.6 Å². The van der Waals surface area contributed by atoms with E-state index in [-0.39, 0.29) is 24.4 Å². The van der Waals surface area contributed by atoms with Crippen molar-refractivity contribution in [2.45, 2.75) is 26.3 Å². The molecule has 6 nitrogen and oxygen atoms in total. The summed E-state index contributed by atoms with van der Waals surface area (Å²) in [5.74, 6) is 0.320. The van der Waals surface area contributed by atoms with Crippen molar-refractivity contribution in [2.75, 3.05) is 18.0 Å². The van der Waals surface area contributed by atoms with Gasteiger partial charge in [-0.3, -0.25) is 9.59 Å². The Balaban J connectivity index is 1.77. The molecule has 0 unspecified atom stereocenters. The molecule has 1 aliphatic rings. The van der Waals surface area contributed by atoms with E-state index >= 15 is 0 Å². The Morgan fingerprint density at radius 3 is 2.68 bits per heavy atom. The Labute approximate surface area is 151 Å². The molecule has 0 bridgehead atoms. The molecule has 1 atom stereocenters. The van der Waals surface area contributed by atoms with Crippen LogP contribution in [0.15, 0.2) is 36.7 Å². The average Bonchev–Trinajstić information content (AvgIpc) is 2.63. The third-order valence-corrected chi connectivity index (χ3v) is 4.47. The van der Waals surface area contributed by atoms with Gasteiger partial charge in [-0.05, 0) is 25.1 Å². The van der Waals surface area contributed by atoms with Crippen LogP contribution < -0.4 is 4.90 Å². The number of carbonyl (C=O) groups is 2. The van der Waals surface area contributed by atoms with Gasteiger partial charge in [0, 0.05) is 42.1 Å². The smallest absolute Gasteiger partial charge is 0.257 e. The number of anilines is 1. The number of aryl methyl sites for hydroxylation is 1. The Morgan fingerprint density at radius 2 is 2.04 bits per heavy atom. The summed E-state index contributed by atoms with van der Waals surface area (Å²) < 4.78 is 0. The van der Waals surface area contributed by atoms with Crippen LogP contribution in [0.1, 0.15) is 30.0 Å². The molecular formula is C18H19ClN4O2. The molecule has 0 N–H and O–H groups in total. The molecule has 25 heavy (non-hydrogen) atoms. The molecule has 1 aromatic heterocycles. The highest BCUT2D eigenvalue weighted by atomic mass is 35.5. The molecule has 1 aliphatic heterocycles. The lowest BCUT2D eigenvalue weighted by Crippen LogP contribution is -2.57. The van der Waals surface area contributed by atoms with Gasteiger partial charge in [0.25, 0.3) is 5.91 Å². The summed E-state index contributed by atoms with van der Waals surface area (Å²) >= 11 is 6.02. The minimum Gasteiger partial charge on any atom is -0.325 e. The Morgan fingerprint density at radius 1 is 1.32 bits per heavy atom. The Bertz CT molecular complexity index is 794. The van der Waals surface area contributed by atoms with E-state index in [4.69, 9.17) is 11.6 Å². The van der Waals surface area contributed by atoms with Gasteiger partial charge in [0.2, 0.25) is 5.91 Å². The summed E-state index contributed by atoms with van der Waals surface area (Å²) in [5, 5.41) is 0.574. The summed E-state index contributed by atoms with van der Waals surface area (Å²) in [5.41, 5.74) is 1.14. The van der Waals surface area contributed by atoms with Crippen molar-refractivity contribution in [1.82, 2.24) is 14.9 Å². The lowest BCUT2D eigenvalue weighted by Gasteiger charge is -2.39. The highest BCUT2D eigenvalue weighted by Gasteiger charge is 2.33. The monoisotopic (exact) mass is 358 g/mol. The van der Waals surface area contributed by atoms with Crippen LogP contribution in [0.4, 0.5) is 5.69 Å². The molecule has 1 aromatic carbocycles. The number of piperazine rings is 1. The van der Waals surface area contributed by atoms with Crippen molar-refractivity contribution >= 4 is 29.1 Å². The van der Waals surface area contributed by atoms with E-state index in [2.05, 4.69) is 9.97 Å². The second-order valence-corrected chi connectivity index (χ2v) is 6.44. The van der Waals surface area contributed by atoms with E-state index in [9.17, 15) is 9.59 Å². The van der Waals surface area contributed by atoms with Crippen molar-refractivity contribution in [2.24, 2.45) is 0 Å². The summed E-state index contributed by atoms with van der Waals surface area (Å²) in [6.07, 6.45) is 3.76. The third-order valence-electron chi connectivity index (χ3n) is 4.23. The van der Waals surface area contributed by atoms with Gasteiger partial charge in [-0.25, -0.2) is 9.97 Å². The van der Waals surface area contributed by atoms with E-state index < -0.39 is 0 Å². The highest BCUT2D eigenvalue weighted by molar-refractivity contribution is 6.30. The number of hydrogen-bond donors (Lipinski definition) is 0. The molecule has 7 heteroatoms. The third kappa shape index (κ3) is 3.64. The van der Waals surface area contributed by atoms with Crippen molar-refractivity contribution in [3.63, 3.8) is 0 Å². The molecule has 2 aromatic rings. The van der Waals surface area contributed by atoms with Gasteiger partial charge in [-0.15, -0.1) is 0 Å². The highest BCUT2D eigenvalue weighted by Crippen LogP contribution is 2.24. The normalized spacial score (nSPS) is 17.7. The molecule has 0 saturated carbocycles. The van der Waals surface area contributed by atoms with Crippen molar-refractivity contribution in [1.29, 1.82) is 0 Å². The standard InChI is InChI=1S/C18H19ClN4O2/c1-3-16-20-8-13(9-21-16)18(25)22-11-17(24)23(10-12(22)2)15-6-4-5-14(19)7-15/h4-9,12H,3,10-11H2,1-2H3/t12-/m0/s1. The van der Waals surface area contributed by atoms with Gasteiger partial charge in [0.1, 0.15) is 12.4 Å². The van der Waals surface area contributed by atoms with Gasteiger partial charge in [0.05, 0.1) is 5.56 Å². The molecule has 130 valence electrons. The maximum absolute atomic E-state index is 12.7. The minimum absolute atomic E-state index is 0.0159. The van der Waals surface area contributed by atoms with E-state index in [0.717, 1.165) is 5.69 Å². The topological polar surface area (TPSA) is 66.4 Å². The predicted molar refractivity (Wildman–Crippen MR) is 95.7 cm³/mol. The number of aromatic nitrogens is 2. The van der Waals surface area contributed by atoms with Crippen LogP contribution in [0.25, 0.3) is 0 Å². The van der Waals surface area contributed by atoms with E-state index in [1.165, 1.54) is 12.4 Å². The summed E-state index contributed by atoms with van der Waals surface area (Å²) in [4.78, 5) is 36.8. The fourth-order valence-electron chi connectivity index (χ4n) is 2.83. The summed E-state index contributed by atoms with van der Waals surface area (Å²) in [6.45, 7) is 4.30. The largest absolute Gasteiger partial charge is 0.325 e. The lowest BCUT2D eigenvalue weighted by atomic mass is 10.1. The minimum atomic E-state index is -0.228. The number of hydrogen-bond acceptors (Lipinski definition) is 4. The van der Waals surface area contributed by atoms with E-state index in [0.29, 0.717) is 29.4 Å². The van der Waals surface area contributed by atoms with Crippen molar-refractivity contribution in [3.8, 4) is 0 Å². The Hall–Kier alpha value is -2.47. The molecule has 0 radical (unpaired) electrons. The number of rotatable bonds is 3. The second-order valence-electron chi connectivity index (χ2n) is 6.01. The number of amides is 2. The Kier molecular flexibility index (Phi) is 4.99. The quantitative estimate of drug-likeness (QED) is 0.845. The zero-order chi connectivity index (χ0) is 18.0. The fourth-order valence-corrected chi connectivity index (χ4v) is 3.02. The van der Waals surface area contributed by atoms with Crippen LogP contribution in [-0.2, 0) is 11.2 Å². The van der Waals surface area contributed by atoms with Crippen LogP contribution in [-0.4, -0.2) is 45.8 Å². The lowest BCUT2D eigenvalue weighted by molar-refractivity contribution is -0.121.